The van der Waals surface area contributed by atoms with Gasteiger partial charge in [0.05, 0.1) is 11.9 Å². The molecule has 0 aliphatic carbocycles. The van der Waals surface area contributed by atoms with E-state index in [1.54, 1.807) is 39.5 Å². The summed E-state index contributed by atoms with van der Waals surface area (Å²) in [5, 5.41) is 0. The van der Waals surface area contributed by atoms with Crippen LogP contribution in [0.2, 0.25) is 0 Å². The molecule has 148 heavy (non-hydrogen) atoms. The van der Waals surface area contributed by atoms with Crippen molar-refractivity contribution >= 4 is 103 Å². The van der Waals surface area contributed by atoms with Crippen LogP contribution in [0.15, 0.2) is 207 Å². The molecule has 10 fully saturated rings. The second-order valence-electron chi connectivity index (χ2n) is 36.0. The molecule has 38 heteroatoms. The van der Waals surface area contributed by atoms with E-state index in [9.17, 15) is 56.4 Å². The number of para-hydroxylation sites is 2. The SMILES string of the molecule is C.C.C.C.C.C.CN(C)CCN1CCN(C=O)CC1.CS(=O)(=O)N1CCN(C=O)CC1.Cc1cccc(N2CCN(C=O)CC2)c1.Cc1ccccc1N1CCN(C=O)CC1.O=CN1CCN(Cc2ccccc2)CC1.O=CN1CCN(Cc2ccccn2)CC1.O=CN1CCN(Cc2cccnc2)CC1.O=CN1CCN(c2ccccc2)CC1.O=CN1CCN(c2ccccn2)CC1.O=CN1CCN(c2ccncc2)CC1. The Morgan fingerprint density at radius 1 is 0.284 bits per heavy atom. The molecular formula is C110H173N25O12S. The van der Waals surface area contributed by atoms with Crippen LogP contribution in [0.25, 0.3) is 0 Å². The highest BCUT2D eigenvalue weighted by Gasteiger charge is 2.26. The molecule has 18 rings (SSSR count). The molecule has 10 aliphatic heterocycles. The zero-order chi connectivity index (χ0) is 101. The first-order chi connectivity index (χ1) is 69.2. The molecule has 10 aliphatic rings. The van der Waals surface area contributed by atoms with E-state index in [-0.39, 0.29) is 44.6 Å². The number of carbonyl (C=O) groups excluding carboxylic acids is 10. The number of amides is 10. The summed E-state index contributed by atoms with van der Waals surface area (Å²) < 4.78 is 23.4. The molecule has 0 atom stereocenters. The average molecular weight is 2070 g/mol. The van der Waals surface area contributed by atoms with Gasteiger partial charge < -0.3 is 78.4 Å². The molecule has 37 nitrogen and oxygen atoms in total. The van der Waals surface area contributed by atoms with E-state index in [0.717, 1.165) is 344 Å². The van der Waals surface area contributed by atoms with Gasteiger partial charge >= 0.3 is 0 Å². The summed E-state index contributed by atoms with van der Waals surface area (Å²) in [4.78, 5) is 163. The zero-order valence-electron chi connectivity index (χ0n) is 83.7. The normalized spacial score (nSPS) is 16.9. The minimum Gasteiger partial charge on any atom is -0.368 e. The standard InChI is InChI=1S/3C12H16N2O.2C11H15N3O.C11H14N2O.2C10H13N3O.C9H19N3O.C6H12N2O3S.6CH4/c1-11-3-2-4-12(9-11)14-7-5-13(10-15)6-8-14;1-11-4-2-3-5-12(11)14-8-6-13(10-15)7-9-14;15-11-14-8-6-13(7-9-14)10-12-4-2-1-3-5-12;15-10-14-6-4-13(5-7-14)9-11-2-1-3-12-8-11;15-10-14-7-5-13(6-8-14)9-11-3-1-2-4-12-11;14-10-12-6-8-13(9-7-12)11-4-2-1-3-5-11;14-9-12-5-7-13(8-6-12)10-1-3-11-4-2-10;14-9-12-5-7-13(8-6-12)10-3-1-2-4-11-10;1-10(2)3-4-11-5-7-12(9-13)8-6-11;1-12(10,11)8-4-2-7(6-9)3-5-8;;;;;;/h2-4,9-10H,5-8H2,1H3;2-5,10H,6-9H2,1H3;1-5,11H,6-10H2;1-3,8,10H,4-7,9H2;1-4,10H,5-9H2;1-5,10H,6-9H2;2*1-4,9H,5-8H2;9H,3-8H2,1-2H3;6H,2-5H2,1H3;6*1H4. The minimum absolute atomic E-state index is 0. The maximum atomic E-state index is 11.0. The maximum Gasteiger partial charge on any atom is 0.211 e. The van der Waals surface area contributed by atoms with Crippen LogP contribution in [0.5, 0.6) is 0 Å². The Morgan fingerprint density at radius 3 is 0.986 bits per heavy atom. The lowest BCUT2D eigenvalue weighted by molar-refractivity contribution is -0.120. The molecule has 0 saturated carbocycles. The van der Waals surface area contributed by atoms with Crippen molar-refractivity contribution in [2.75, 3.05) is 320 Å². The fourth-order valence-corrected chi connectivity index (χ4v) is 17.7. The fourth-order valence-electron chi connectivity index (χ4n) is 16.8. The van der Waals surface area contributed by atoms with Crippen LogP contribution in [0, 0.1) is 13.8 Å². The molecule has 8 aromatic rings. The molecule has 0 N–H and O–H groups in total. The molecule has 10 amide bonds. The quantitative estimate of drug-likeness (QED) is 0.0493. The van der Waals surface area contributed by atoms with E-state index >= 15 is 0 Å². The number of nitrogens with zero attached hydrogens (tertiary/aromatic N) is 25. The van der Waals surface area contributed by atoms with Gasteiger partial charge in [0.1, 0.15) is 5.82 Å². The van der Waals surface area contributed by atoms with E-state index < -0.39 is 10.0 Å². The highest BCUT2D eigenvalue weighted by atomic mass is 32.2. The van der Waals surface area contributed by atoms with Crippen molar-refractivity contribution in [3.8, 4) is 0 Å². The topological polar surface area (TPSA) is 324 Å². The van der Waals surface area contributed by atoms with Gasteiger partial charge in [-0.3, -0.25) is 82.5 Å². The van der Waals surface area contributed by atoms with E-state index in [1.807, 2.05) is 126 Å². The third kappa shape index (κ3) is 48.2. The number of aromatic nitrogens is 4. The number of likely N-dealkylation sites (N-methyl/N-ethyl adjacent to an activating group) is 1. The van der Waals surface area contributed by atoms with E-state index in [4.69, 9.17) is 0 Å². The lowest BCUT2D eigenvalue weighted by atomic mass is 10.1. The molecular weight excluding hydrogens is 1900 g/mol. The number of carbonyl (C=O) groups is 10. The first-order valence-electron chi connectivity index (χ1n) is 49.2. The predicted molar refractivity (Wildman–Crippen MR) is 597 cm³/mol. The van der Waals surface area contributed by atoms with Gasteiger partial charge in [0.25, 0.3) is 0 Å². The molecule has 10 saturated heterocycles. The van der Waals surface area contributed by atoms with Crippen LogP contribution in [-0.2, 0) is 77.6 Å². The molecule has 4 aromatic heterocycles. The summed E-state index contributed by atoms with van der Waals surface area (Å²) in [5.41, 5.74) is 11.3. The molecule has 14 heterocycles. The third-order valence-corrected chi connectivity index (χ3v) is 27.0. The predicted octanol–water partition coefficient (Wildman–Crippen LogP) is 7.76. The molecule has 0 unspecified atom stereocenters. The van der Waals surface area contributed by atoms with Crippen LogP contribution >= 0.6 is 0 Å². The Labute approximate surface area is 884 Å². The Kier molecular flexibility index (Phi) is 64.4. The van der Waals surface area contributed by atoms with Gasteiger partial charge in [0, 0.05) is 354 Å². The molecule has 0 radical (unpaired) electrons. The largest absolute Gasteiger partial charge is 0.368 e. The van der Waals surface area contributed by atoms with Gasteiger partial charge in [-0.05, 0) is 123 Å². The van der Waals surface area contributed by atoms with Crippen molar-refractivity contribution in [2.45, 2.75) is 78.0 Å². The van der Waals surface area contributed by atoms with Crippen molar-refractivity contribution in [2.24, 2.45) is 0 Å². The lowest BCUT2D eigenvalue weighted by Crippen LogP contribution is -2.47. The van der Waals surface area contributed by atoms with Gasteiger partial charge in [-0.2, -0.15) is 4.31 Å². The van der Waals surface area contributed by atoms with Gasteiger partial charge in [0.15, 0.2) is 0 Å². The summed E-state index contributed by atoms with van der Waals surface area (Å²) in [5.74, 6) is 0.998. The minimum atomic E-state index is -3.07. The van der Waals surface area contributed by atoms with Crippen molar-refractivity contribution in [1.82, 2.24) is 97.7 Å². The van der Waals surface area contributed by atoms with Crippen molar-refractivity contribution in [3.05, 3.63) is 235 Å². The summed E-state index contributed by atoms with van der Waals surface area (Å²) in [6.45, 7) is 43.0. The first-order valence-corrected chi connectivity index (χ1v) is 51.0. The van der Waals surface area contributed by atoms with E-state index in [2.05, 4.69) is 188 Å². The number of anilines is 5. The highest BCUT2D eigenvalue weighted by Crippen LogP contribution is 2.23. The number of aryl methyl sites for hydroxylation is 2. The molecule has 4 aromatic carbocycles. The Morgan fingerprint density at radius 2 is 0.615 bits per heavy atom. The highest BCUT2D eigenvalue weighted by molar-refractivity contribution is 7.88. The first kappa shape index (κ1) is 129. The van der Waals surface area contributed by atoms with Crippen LogP contribution in [0.3, 0.4) is 0 Å². The maximum absolute atomic E-state index is 11.0. The zero-order valence-corrected chi connectivity index (χ0v) is 84.5. The van der Waals surface area contributed by atoms with Crippen LogP contribution in [-0.4, -0.2) is 465 Å². The van der Waals surface area contributed by atoms with Crippen molar-refractivity contribution < 1.29 is 56.4 Å². The van der Waals surface area contributed by atoms with Crippen LogP contribution < -0.4 is 24.5 Å². The number of hydrogen-bond acceptors (Lipinski definition) is 26. The second-order valence-corrected chi connectivity index (χ2v) is 38.0. The monoisotopic (exact) mass is 2070 g/mol. The summed E-state index contributed by atoms with van der Waals surface area (Å²) >= 11 is 0. The Hall–Kier alpha value is -13.1. The van der Waals surface area contributed by atoms with Gasteiger partial charge in [0.2, 0.25) is 74.1 Å². The summed E-state index contributed by atoms with van der Waals surface area (Å²) in [6.07, 6.45) is 21.2. The van der Waals surface area contributed by atoms with Gasteiger partial charge in [-0.1, -0.05) is 142 Å². The second kappa shape index (κ2) is 73.9. The lowest BCUT2D eigenvalue weighted by Gasteiger charge is -2.34. The van der Waals surface area contributed by atoms with Crippen LogP contribution in [0.1, 0.15) is 72.5 Å². The summed E-state index contributed by atoms with van der Waals surface area (Å²) in [7, 11) is 1.10. The number of rotatable bonds is 25. The van der Waals surface area contributed by atoms with E-state index in [1.165, 1.54) is 55.6 Å². The van der Waals surface area contributed by atoms with E-state index in [0.29, 0.717) is 26.2 Å². The van der Waals surface area contributed by atoms with Crippen molar-refractivity contribution in [3.63, 3.8) is 0 Å². The fraction of sp³-hybridized carbons (Fsp3) is 0.509. The number of pyridine rings is 4. The van der Waals surface area contributed by atoms with Gasteiger partial charge in [-0.25, -0.2) is 13.4 Å². The smallest absolute Gasteiger partial charge is 0.211 e. The Bertz CT molecular complexity index is 4640. The number of sulfonamides is 1. The van der Waals surface area contributed by atoms with Crippen molar-refractivity contribution in [1.29, 1.82) is 0 Å². The number of piperazine rings is 10. The van der Waals surface area contributed by atoms with Gasteiger partial charge in [-0.15, -0.1) is 0 Å². The number of benzene rings is 4. The Balaban J connectivity index is 0.000000421. The number of hydrogen-bond donors (Lipinski definition) is 0. The molecule has 0 spiro atoms. The summed E-state index contributed by atoms with van der Waals surface area (Å²) in [6, 6.07) is 57.6. The van der Waals surface area contributed by atoms with Crippen LogP contribution in [0.4, 0.5) is 28.6 Å². The molecule has 0 bridgehead atoms. The molecule has 816 valence electrons. The average Bonchev–Trinajstić information content (AvgIpc) is 0.854. The third-order valence-electron chi connectivity index (χ3n) is 25.7.